The molecule has 0 aromatic carbocycles. The van der Waals surface area contributed by atoms with E-state index in [2.05, 4.69) is 27.4 Å². The Bertz CT molecular complexity index is 667. The molecule has 10 heteroatoms. The van der Waals surface area contributed by atoms with E-state index in [1.54, 1.807) is 0 Å². The number of nitrogens with zero attached hydrogens (tertiary/aromatic N) is 3. The highest BCUT2D eigenvalue weighted by molar-refractivity contribution is 7.99. The van der Waals surface area contributed by atoms with E-state index in [4.69, 9.17) is 5.84 Å². The summed E-state index contributed by atoms with van der Waals surface area (Å²) >= 11 is 2.59. The lowest BCUT2D eigenvalue weighted by Crippen LogP contribution is -2.40. The van der Waals surface area contributed by atoms with Crippen LogP contribution in [0.5, 0.6) is 0 Å². The van der Waals surface area contributed by atoms with Gasteiger partial charge in [-0.3, -0.25) is 10.1 Å². The summed E-state index contributed by atoms with van der Waals surface area (Å²) in [4.78, 5) is 23.8. The van der Waals surface area contributed by atoms with Crippen LogP contribution in [0.4, 0.5) is 4.79 Å². The van der Waals surface area contributed by atoms with E-state index in [0.717, 1.165) is 16.6 Å². The number of urea groups is 1. The van der Waals surface area contributed by atoms with Crippen LogP contribution in [0, 0.1) is 0 Å². The van der Waals surface area contributed by atoms with Gasteiger partial charge in [-0.25, -0.2) is 9.47 Å². The summed E-state index contributed by atoms with van der Waals surface area (Å²) in [6.45, 7) is 3.74. The van der Waals surface area contributed by atoms with Crippen LogP contribution in [-0.2, 0) is 4.79 Å². The third kappa shape index (κ3) is 4.09. The molecule has 0 saturated carbocycles. The number of carbonyl (C=O) groups excluding carboxylic acids is 2. The Kier molecular flexibility index (Phi) is 5.55. The van der Waals surface area contributed by atoms with Crippen LogP contribution in [0.1, 0.15) is 0 Å². The van der Waals surface area contributed by atoms with Crippen molar-refractivity contribution in [3.63, 3.8) is 0 Å². The Hall–Kier alpha value is -2.33. The molecule has 0 aliphatic carbocycles. The van der Waals surface area contributed by atoms with E-state index in [-0.39, 0.29) is 12.3 Å². The molecular weight excluding hydrogens is 324 g/mol. The Morgan fingerprint density at radius 3 is 3.00 bits per heavy atom. The van der Waals surface area contributed by atoms with Crippen molar-refractivity contribution >= 4 is 35.0 Å². The number of rotatable bonds is 6. The summed E-state index contributed by atoms with van der Waals surface area (Å²) in [5, 5.41) is 14.9. The lowest BCUT2D eigenvalue weighted by atomic mass is 10.4. The van der Waals surface area contributed by atoms with Gasteiger partial charge in [0.05, 0.1) is 10.6 Å². The average Bonchev–Trinajstić information content (AvgIpc) is 3.12. The standard InChI is InChI=1S/C12H14N6O2S2/c1-2-5-14-11(20)15-9(19)7-22-12-17-16-10(18(12)13)8-4-3-6-21-8/h2-4,6H,1,5,7,13H2,(H2,14,15,19,20). The number of nitrogens with one attached hydrogen (secondary N) is 2. The van der Waals surface area contributed by atoms with Crippen molar-refractivity contribution in [2.24, 2.45) is 0 Å². The van der Waals surface area contributed by atoms with Crippen LogP contribution in [0.2, 0.25) is 0 Å². The maximum absolute atomic E-state index is 11.6. The summed E-state index contributed by atoms with van der Waals surface area (Å²) in [6.07, 6.45) is 1.52. The number of nitrogens with two attached hydrogens (primary N) is 1. The lowest BCUT2D eigenvalue weighted by Gasteiger charge is -2.04. The van der Waals surface area contributed by atoms with Crippen molar-refractivity contribution in [1.29, 1.82) is 0 Å². The van der Waals surface area contributed by atoms with Crippen molar-refractivity contribution in [3.8, 4) is 10.7 Å². The zero-order chi connectivity index (χ0) is 15.9. The van der Waals surface area contributed by atoms with Gasteiger partial charge in [-0.15, -0.1) is 28.1 Å². The topological polar surface area (TPSA) is 115 Å². The Labute approximate surface area is 134 Å². The molecule has 0 fully saturated rings. The molecule has 2 aromatic heterocycles. The first-order valence-electron chi connectivity index (χ1n) is 6.17. The maximum atomic E-state index is 11.6. The van der Waals surface area contributed by atoms with Crippen molar-refractivity contribution in [3.05, 3.63) is 30.2 Å². The molecule has 0 unspecified atom stereocenters. The maximum Gasteiger partial charge on any atom is 0.321 e. The predicted octanol–water partition coefficient (Wildman–Crippen LogP) is 0.824. The van der Waals surface area contributed by atoms with Crippen molar-refractivity contribution < 1.29 is 9.59 Å². The summed E-state index contributed by atoms with van der Waals surface area (Å²) in [7, 11) is 0. The number of hydrogen-bond donors (Lipinski definition) is 3. The van der Waals surface area contributed by atoms with Gasteiger partial charge in [0.15, 0.2) is 5.82 Å². The molecule has 0 atom stereocenters. The SMILES string of the molecule is C=CCNC(=O)NC(=O)CSc1nnc(-c2cccs2)n1N. The molecule has 2 rings (SSSR count). The number of imide groups is 1. The molecular formula is C12H14N6O2S2. The molecule has 2 aromatic rings. The van der Waals surface area contributed by atoms with Gasteiger partial charge in [0, 0.05) is 6.54 Å². The highest BCUT2D eigenvalue weighted by Crippen LogP contribution is 2.24. The molecule has 3 amide bonds. The van der Waals surface area contributed by atoms with Gasteiger partial charge in [0.25, 0.3) is 0 Å². The molecule has 4 N–H and O–H groups in total. The predicted molar refractivity (Wildman–Crippen MR) is 85.9 cm³/mol. The minimum absolute atomic E-state index is 0.00127. The molecule has 0 aliphatic rings. The molecule has 0 saturated heterocycles. The fraction of sp³-hybridized carbons (Fsp3) is 0.167. The summed E-state index contributed by atoms with van der Waals surface area (Å²) < 4.78 is 1.32. The Morgan fingerprint density at radius 1 is 1.50 bits per heavy atom. The van der Waals surface area contributed by atoms with E-state index < -0.39 is 11.9 Å². The minimum atomic E-state index is -0.570. The number of thioether (sulfide) groups is 1. The second-order valence-corrected chi connectivity index (χ2v) is 5.88. The average molecular weight is 338 g/mol. The molecule has 0 spiro atoms. The van der Waals surface area contributed by atoms with E-state index in [0.29, 0.717) is 11.0 Å². The fourth-order valence-corrected chi connectivity index (χ4v) is 2.81. The second kappa shape index (κ2) is 7.61. The lowest BCUT2D eigenvalue weighted by molar-refractivity contribution is -0.117. The first kappa shape index (κ1) is 16.0. The van der Waals surface area contributed by atoms with Gasteiger partial charge >= 0.3 is 6.03 Å². The molecule has 22 heavy (non-hydrogen) atoms. The van der Waals surface area contributed by atoms with Crippen LogP contribution in [0.15, 0.2) is 35.3 Å². The normalized spacial score (nSPS) is 10.2. The van der Waals surface area contributed by atoms with Gasteiger partial charge in [-0.1, -0.05) is 23.9 Å². The first-order valence-corrected chi connectivity index (χ1v) is 8.04. The third-order valence-electron chi connectivity index (χ3n) is 2.40. The number of nitrogen functional groups attached to an aromatic ring is 1. The second-order valence-electron chi connectivity index (χ2n) is 3.99. The first-order chi connectivity index (χ1) is 10.6. The van der Waals surface area contributed by atoms with E-state index >= 15 is 0 Å². The van der Waals surface area contributed by atoms with Crippen LogP contribution in [0.3, 0.4) is 0 Å². The summed E-state index contributed by atoms with van der Waals surface area (Å²) in [5.74, 6) is 5.98. The quantitative estimate of drug-likeness (QED) is 0.408. The molecule has 0 radical (unpaired) electrons. The van der Waals surface area contributed by atoms with Gasteiger partial charge in [0.2, 0.25) is 11.1 Å². The van der Waals surface area contributed by atoms with Crippen molar-refractivity contribution in [2.75, 3.05) is 18.1 Å². The molecule has 116 valence electrons. The minimum Gasteiger partial charge on any atom is -0.335 e. The monoisotopic (exact) mass is 338 g/mol. The van der Waals surface area contributed by atoms with Gasteiger partial charge < -0.3 is 11.2 Å². The van der Waals surface area contributed by atoms with Crippen molar-refractivity contribution in [1.82, 2.24) is 25.5 Å². The molecule has 8 nitrogen and oxygen atoms in total. The summed E-state index contributed by atoms with van der Waals surface area (Å²) in [6, 6.07) is 3.19. The fourth-order valence-electron chi connectivity index (χ4n) is 1.45. The third-order valence-corrected chi connectivity index (χ3v) is 4.21. The Balaban J connectivity index is 1.88. The van der Waals surface area contributed by atoms with Gasteiger partial charge in [-0.2, -0.15) is 0 Å². The van der Waals surface area contributed by atoms with Crippen LogP contribution in [0.25, 0.3) is 10.7 Å². The van der Waals surface area contributed by atoms with Gasteiger partial charge in [-0.05, 0) is 11.4 Å². The molecule has 0 bridgehead atoms. The number of aromatic nitrogens is 3. The van der Waals surface area contributed by atoms with E-state index in [9.17, 15) is 9.59 Å². The highest BCUT2D eigenvalue weighted by Gasteiger charge is 2.15. The number of amides is 3. The van der Waals surface area contributed by atoms with E-state index in [1.165, 1.54) is 22.1 Å². The van der Waals surface area contributed by atoms with Crippen LogP contribution < -0.4 is 16.5 Å². The molecule has 0 aliphatic heterocycles. The highest BCUT2D eigenvalue weighted by atomic mass is 32.2. The van der Waals surface area contributed by atoms with Gasteiger partial charge in [0.1, 0.15) is 0 Å². The smallest absolute Gasteiger partial charge is 0.321 e. The zero-order valence-electron chi connectivity index (χ0n) is 11.5. The largest absolute Gasteiger partial charge is 0.335 e. The van der Waals surface area contributed by atoms with Crippen LogP contribution in [-0.4, -0.2) is 39.1 Å². The Morgan fingerprint density at radius 2 is 2.32 bits per heavy atom. The van der Waals surface area contributed by atoms with Crippen molar-refractivity contribution in [2.45, 2.75) is 5.16 Å². The number of hydrogen-bond acceptors (Lipinski definition) is 7. The van der Waals surface area contributed by atoms with Crippen LogP contribution >= 0.6 is 23.1 Å². The number of thiophene rings is 1. The van der Waals surface area contributed by atoms with E-state index in [1.807, 2.05) is 17.5 Å². The zero-order valence-corrected chi connectivity index (χ0v) is 13.1. The molecule has 2 heterocycles. The summed E-state index contributed by atoms with van der Waals surface area (Å²) in [5.41, 5.74) is 0. The number of carbonyl (C=O) groups is 2.